The highest BCUT2D eigenvalue weighted by atomic mass is 79.9. The van der Waals surface area contributed by atoms with Gasteiger partial charge in [0.05, 0.1) is 24.8 Å². The highest BCUT2D eigenvalue weighted by Crippen LogP contribution is 2.36. The van der Waals surface area contributed by atoms with Crippen LogP contribution in [0, 0.1) is 5.92 Å². The Morgan fingerprint density at radius 2 is 2.12 bits per heavy atom. The summed E-state index contributed by atoms with van der Waals surface area (Å²) in [4.78, 5) is 0. The maximum atomic E-state index is 5.85. The second-order valence-electron chi connectivity index (χ2n) is 6.16. The van der Waals surface area contributed by atoms with Crippen LogP contribution in [-0.2, 0) is 13.0 Å². The summed E-state index contributed by atoms with van der Waals surface area (Å²) < 4.78 is 17.9. The standard InChI is InChI=1S/C20H24BrNO3/c1-3-24-20-17(21)9-14(10-19(20)23-2)11-22-12-15-8-16-6-4-5-7-18(16)25-13-15/h4-7,9-10,15,22H,3,8,11-13H2,1-2H3. The Balaban J connectivity index is 1.57. The number of benzene rings is 2. The van der Waals surface area contributed by atoms with Crippen molar-refractivity contribution in [2.24, 2.45) is 5.92 Å². The van der Waals surface area contributed by atoms with Crippen LogP contribution in [0.3, 0.4) is 0 Å². The van der Waals surface area contributed by atoms with E-state index in [9.17, 15) is 0 Å². The van der Waals surface area contributed by atoms with Gasteiger partial charge in [0.2, 0.25) is 0 Å². The van der Waals surface area contributed by atoms with E-state index in [1.165, 1.54) is 5.56 Å². The molecule has 25 heavy (non-hydrogen) atoms. The lowest BCUT2D eigenvalue weighted by atomic mass is 9.97. The van der Waals surface area contributed by atoms with Gasteiger partial charge in [0.15, 0.2) is 11.5 Å². The molecule has 0 aromatic heterocycles. The fourth-order valence-corrected chi connectivity index (χ4v) is 3.71. The Hall–Kier alpha value is -1.72. The van der Waals surface area contributed by atoms with Gasteiger partial charge in [-0.25, -0.2) is 0 Å². The van der Waals surface area contributed by atoms with Gasteiger partial charge in [-0.1, -0.05) is 18.2 Å². The molecule has 0 saturated heterocycles. The monoisotopic (exact) mass is 405 g/mol. The minimum atomic E-state index is 0.489. The molecule has 1 aliphatic heterocycles. The number of rotatable bonds is 7. The second kappa shape index (κ2) is 8.59. The van der Waals surface area contributed by atoms with Crippen molar-refractivity contribution in [2.75, 3.05) is 26.9 Å². The van der Waals surface area contributed by atoms with Gasteiger partial charge in [0.25, 0.3) is 0 Å². The lowest BCUT2D eigenvalue weighted by molar-refractivity contribution is 0.218. The van der Waals surface area contributed by atoms with Crippen LogP contribution in [0.1, 0.15) is 18.1 Å². The third-order valence-electron chi connectivity index (χ3n) is 4.30. The average molecular weight is 406 g/mol. The van der Waals surface area contributed by atoms with Gasteiger partial charge in [0, 0.05) is 19.0 Å². The van der Waals surface area contributed by atoms with E-state index in [4.69, 9.17) is 14.2 Å². The van der Waals surface area contributed by atoms with Gasteiger partial charge < -0.3 is 19.5 Å². The molecule has 2 aromatic rings. The predicted octanol–water partition coefficient (Wildman–Crippen LogP) is 4.20. The van der Waals surface area contributed by atoms with E-state index >= 15 is 0 Å². The molecule has 1 N–H and O–H groups in total. The van der Waals surface area contributed by atoms with Gasteiger partial charge in [-0.2, -0.15) is 0 Å². The van der Waals surface area contributed by atoms with Crippen LogP contribution in [0.5, 0.6) is 17.2 Å². The fraction of sp³-hybridized carbons (Fsp3) is 0.400. The molecule has 1 atom stereocenters. The summed E-state index contributed by atoms with van der Waals surface area (Å²) in [6, 6.07) is 12.4. The number of methoxy groups -OCH3 is 1. The zero-order valence-corrected chi connectivity index (χ0v) is 16.3. The molecular weight excluding hydrogens is 382 g/mol. The van der Waals surface area contributed by atoms with E-state index in [-0.39, 0.29) is 0 Å². The first-order valence-electron chi connectivity index (χ1n) is 8.62. The van der Waals surface area contributed by atoms with Crippen LogP contribution in [-0.4, -0.2) is 26.9 Å². The number of halogens is 1. The Morgan fingerprint density at radius 3 is 2.92 bits per heavy atom. The molecule has 5 heteroatoms. The van der Waals surface area contributed by atoms with Crippen molar-refractivity contribution < 1.29 is 14.2 Å². The molecule has 2 aromatic carbocycles. The number of ether oxygens (including phenoxy) is 3. The topological polar surface area (TPSA) is 39.7 Å². The molecule has 0 amide bonds. The van der Waals surface area contributed by atoms with Crippen molar-refractivity contribution in [3.05, 3.63) is 52.0 Å². The largest absolute Gasteiger partial charge is 0.493 e. The number of para-hydroxylation sites is 1. The molecule has 1 aliphatic rings. The highest BCUT2D eigenvalue weighted by molar-refractivity contribution is 9.10. The Bertz CT molecular complexity index is 720. The van der Waals surface area contributed by atoms with Crippen LogP contribution in [0.4, 0.5) is 0 Å². The van der Waals surface area contributed by atoms with Crippen LogP contribution >= 0.6 is 15.9 Å². The molecular formula is C20H24BrNO3. The first-order chi connectivity index (χ1) is 12.2. The van der Waals surface area contributed by atoms with Gasteiger partial charge in [0.1, 0.15) is 5.75 Å². The summed E-state index contributed by atoms with van der Waals surface area (Å²) in [5, 5.41) is 3.53. The molecule has 4 nitrogen and oxygen atoms in total. The molecule has 0 radical (unpaired) electrons. The van der Waals surface area contributed by atoms with E-state index < -0.39 is 0 Å². The van der Waals surface area contributed by atoms with Gasteiger partial charge in [-0.15, -0.1) is 0 Å². The van der Waals surface area contributed by atoms with Gasteiger partial charge >= 0.3 is 0 Å². The number of nitrogens with one attached hydrogen (secondary N) is 1. The molecule has 0 fully saturated rings. The van der Waals surface area contributed by atoms with E-state index in [0.29, 0.717) is 12.5 Å². The minimum absolute atomic E-state index is 0.489. The first kappa shape index (κ1) is 18.1. The van der Waals surface area contributed by atoms with Gasteiger partial charge in [-0.05, 0) is 58.6 Å². The highest BCUT2D eigenvalue weighted by Gasteiger charge is 2.19. The molecule has 134 valence electrons. The van der Waals surface area contributed by atoms with Crippen molar-refractivity contribution in [2.45, 2.75) is 19.9 Å². The van der Waals surface area contributed by atoms with Crippen molar-refractivity contribution in [1.29, 1.82) is 0 Å². The molecule has 1 unspecified atom stereocenters. The molecule has 0 bridgehead atoms. The minimum Gasteiger partial charge on any atom is -0.493 e. The van der Waals surface area contributed by atoms with E-state index in [2.05, 4.69) is 39.4 Å². The van der Waals surface area contributed by atoms with Gasteiger partial charge in [-0.3, -0.25) is 0 Å². The first-order valence-corrected chi connectivity index (χ1v) is 9.41. The Labute approximate surface area is 157 Å². The smallest absolute Gasteiger partial charge is 0.175 e. The number of hydrogen-bond acceptors (Lipinski definition) is 4. The molecule has 0 spiro atoms. The SMILES string of the molecule is CCOc1c(Br)cc(CNCC2COc3ccccc3C2)cc1OC. The Kier molecular flexibility index (Phi) is 6.21. The van der Waals surface area contributed by atoms with Crippen molar-refractivity contribution in [3.8, 4) is 17.2 Å². The maximum Gasteiger partial charge on any atom is 0.175 e. The third kappa shape index (κ3) is 4.47. The fourth-order valence-electron chi connectivity index (χ4n) is 3.10. The zero-order chi connectivity index (χ0) is 17.6. The van der Waals surface area contributed by atoms with E-state index in [1.54, 1.807) is 7.11 Å². The summed E-state index contributed by atoms with van der Waals surface area (Å²) in [6.45, 7) is 5.03. The van der Waals surface area contributed by atoms with Crippen molar-refractivity contribution >= 4 is 15.9 Å². The van der Waals surface area contributed by atoms with E-state index in [0.717, 1.165) is 53.4 Å². The summed E-state index contributed by atoms with van der Waals surface area (Å²) in [5.74, 6) is 3.02. The molecule has 0 saturated carbocycles. The quantitative estimate of drug-likeness (QED) is 0.749. The molecule has 1 heterocycles. The predicted molar refractivity (Wildman–Crippen MR) is 103 cm³/mol. The Morgan fingerprint density at radius 1 is 1.28 bits per heavy atom. The zero-order valence-electron chi connectivity index (χ0n) is 14.7. The van der Waals surface area contributed by atoms with E-state index in [1.807, 2.05) is 25.1 Å². The lowest BCUT2D eigenvalue weighted by Gasteiger charge is -2.25. The number of fused-ring (bicyclic) bond motifs is 1. The van der Waals surface area contributed by atoms with Crippen molar-refractivity contribution in [1.82, 2.24) is 5.32 Å². The van der Waals surface area contributed by atoms with Crippen LogP contribution in [0.25, 0.3) is 0 Å². The van der Waals surface area contributed by atoms with Crippen LogP contribution in [0.15, 0.2) is 40.9 Å². The normalized spacial score (nSPS) is 16.0. The summed E-state index contributed by atoms with van der Waals surface area (Å²) >= 11 is 3.57. The van der Waals surface area contributed by atoms with Crippen molar-refractivity contribution in [3.63, 3.8) is 0 Å². The summed E-state index contributed by atoms with van der Waals surface area (Å²) in [7, 11) is 1.66. The second-order valence-corrected chi connectivity index (χ2v) is 7.02. The molecule has 0 aliphatic carbocycles. The number of hydrogen-bond donors (Lipinski definition) is 1. The summed E-state index contributed by atoms with van der Waals surface area (Å²) in [6.07, 6.45) is 1.06. The maximum absolute atomic E-state index is 5.85. The lowest BCUT2D eigenvalue weighted by Crippen LogP contribution is -2.31. The van der Waals surface area contributed by atoms with Crippen LogP contribution < -0.4 is 19.5 Å². The van der Waals surface area contributed by atoms with Crippen LogP contribution in [0.2, 0.25) is 0 Å². The third-order valence-corrected chi connectivity index (χ3v) is 4.88. The molecule has 3 rings (SSSR count). The average Bonchev–Trinajstić information content (AvgIpc) is 2.63. The summed E-state index contributed by atoms with van der Waals surface area (Å²) in [5.41, 5.74) is 2.45.